The zero-order valence-electron chi connectivity index (χ0n) is 9.76. The van der Waals surface area contributed by atoms with Crippen LogP contribution < -0.4 is 17.0 Å². The molecule has 0 saturated carbocycles. The second-order valence-corrected chi connectivity index (χ2v) is 4.24. The van der Waals surface area contributed by atoms with Gasteiger partial charge in [-0.05, 0) is 6.07 Å². The Morgan fingerprint density at radius 2 is 2.11 bits per heavy atom. The van der Waals surface area contributed by atoms with Gasteiger partial charge in [0, 0.05) is 23.2 Å². The fourth-order valence-electron chi connectivity index (χ4n) is 2.16. The van der Waals surface area contributed by atoms with E-state index in [2.05, 4.69) is 5.43 Å². The smallest absolute Gasteiger partial charge is 0.331 e. The van der Waals surface area contributed by atoms with Gasteiger partial charge in [-0.2, -0.15) is 0 Å². The Bertz CT molecular complexity index is 537. The van der Waals surface area contributed by atoms with Gasteiger partial charge in [-0.3, -0.25) is 5.84 Å². The summed E-state index contributed by atoms with van der Waals surface area (Å²) in [6.07, 6.45) is 5.32. The maximum atomic E-state index is 11.1. The highest BCUT2D eigenvalue weighted by atomic mass is 16.4. The van der Waals surface area contributed by atoms with Crippen LogP contribution in [0, 0.1) is 0 Å². The number of nitrogen functional groups attached to an aromatic ring is 1. The van der Waals surface area contributed by atoms with E-state index in [1.165, 1.54) is 0 Å². The van der Waals surface area contributed by atoms with Gasteiger partial charge >= 0.3 is 5.97 Å². The minimum atomic E-state index is -0.950. The van der Waals surface area contributed by atoms with Crippen molar-refractivity contribution in [2.75, 3.05) is 5.73 Å². The van der Waals surface area contributed by atoms with Crippen LogP contribution in [0.25, 0.3) is 0 Å². The van der Waals surface area contributed by atoms with Gasteiger partial charge in [0.25, 0.3) is 0 Å². The summed E-state index contributed by atoms with van der Waals surface area (Å²) in [4.78, 5) is 11.1. The lowest BCUT2D eigenvalue weighted by atomic mass is 9.80. The third kappa shape index (κ3) is 2.01. The minimum absolute atomic E-state index is 0.254. The summed E-state index contributed by atoms with van der Waals surface area (Å²) in [5.74, 6) is 4.67. The summed E-state index contributed by atoms with van der Waals surface area (Å²) in [6.45, 7) is 0. The fraction of sp³-hybridized carbons (Fsp3) is 0.154. The molecule has 0 amide bonds. The predicted molar refractivity (Wildman–Crippen MR) is 69.3 cm³/mol. The molecule has 18 heavy (non-hydrogen) atoms. The van der Waals surface area contributed by atoms with Crippen molar-refractivity contribution in [3.05, 3.63) is 53.6 Å². The second kappa shape index (κ2) is 4.64. The van der Waals surface area contributed by atoms with Gasteiger partial charge in [0.05, 0.1) is 5.54 Å². The van der Waals surface area contributed by atoms with Crippen molar-refractivity contribution >= 4 is 11.7 Å². The number of aliphatic carboxylic acids is 1. The van der Waals surface area contributed by atoms with Gasteiger partial charge in [-0.1, -0.05) is 36.4 Å². The van der Waals surface area contributed by atoms with Crippen LogP contribution in [0.4, 0.5) is 5.69 Å². The molecular weight excluding hydrogens is 230 g/mol. The zero-order valence-corrected chi connectivity index (χ0v) is 9.76. The molecule has 0 heterocycles. The van der Waals surface area contributed by atoms with Crippen LogP contribution in [0.15, 0.2) is 48.1 Å². The molecule has 1 unspecified atom stereocenters. The topological polar surface area (TPSA) is 101 Å². The molecule has 1 atom stereocenters. The van der Waals surface area contributed by atoms with E-state index in [-0.39, 0.29) is 6.42 Å². The van der Waals surface area contributed by atoms with Crippen LogP contribution in [0.3, 0.4) is 0 Å². The van der Waals surface area contributed by atoms with Crippen molar-refractivity contribution < 1.29 is 9.90 Å². The quantitative estimate of drug-likeness (QED) is 0.360. The van der Waals surface area contributed by atoms with E-state index >= 15 is 0 Å². The first kappa shape index (κ1) is 12.3. The Hall–Kier alpha value is -2.11. The molecule has 2 rings (SSSR count). The number of allylic oxidation sites excluding steroid dienone is 2. The summed E-state index contributed by atoms with van der Waals surface area (Å²) >= 11 is 0. The maximum Gasteiger partial charge on any atom is 0.331 e. The van der Waals surface area contributed by atoms with Gasteiger partial charge in [0.2, 0.25) is 0 Å². The lowest BCUT2D eigenvalue weighted by Gasteiger charge is -2.33. The summed E-state index contributed by atoms with van der Waals surface area (Å²) < 4.78 is 0. The number of rotatable bonds is 3. The largest absolute Gasteiger partial charge is 0.478 e. The summed E-state index contributed by atoms with van der Waals surface area (Å²) in [5.41, 5.74) is 9.50. The average Bonchev–Trinajstić information content (AvgIpc) is 2.39. The number of benzene rings is 1. The molecule has 0 aromatic heterocycles. The highest BCUT2D eigenvalue weighted by Gasteiger charge is 2.34. The molecule has 1 aromatic rings. The third-order valence-electron chi connectivity index (χ3n) is 3.12. The molecule has 5 nitrogen and oxygen atoms in total. The monoisotopic (exact) mass is 245 g/mol. The van der Waals surface area contributed by atoms with Crippen LogP contribution in [-0.4, -0.2) is 11.1 Å². The molecule has 0 radical (unpaired) electrons. The number of hydrazine groups is 1. The van der Waals surface area contributed by atoms with Crippen LogP contribution in [-0.2, 0) is 10.3 Å². The van der Waals surface area contributed by atoms with E-state index in [9.17, 15) is 4.79 Å². The molecule has 0 aliphatic heterocycles. The molecule has 0 saturated heterocycles. The van der Waals surface area contributed by atoms with Gasteiger partial charge in [0.15, 0.2) is 0 Å². The number of hydrogen-bond donors (Lipinski definition) is 4. The third-order valence-corrected chi connectivity index (χ3v) is 3.12. The number of nitrogens with one attached hydrogen (secondary N) is 1. The lowest BCUT2D eigenvalue weighted by Crippen LogP contribution is -2.47. The van der Waals surface area contributed by atoms with Gasteiger partial charge in [0.1, 0.15) is 0 Å². The number of hydrogen-bond acceptors (Lipinski definition) is 4. The van der Waals surface area contributed by atoms with E-state index in [0.29, 0.717) is 11.3 Å². The molecule has 0 fully saturated rings. The first-order valence-electron chi connectivity index (χ1n) is 5.53. The number of anilines is 1. The number of para-hydroxylation sites is 1. The first-order chi connectivity index (χ1) is 8.59. The number of nitrogens with two attached hydrogens (primary N) is 2. The molecular formula is C13H15N3O2. The summed E-state index contributed by atoms with van der Waals surface area (Å²) in [7, 11) is 0. The highest BCUT2D eigenvalue weighted by molar-refractivity contribution is 5.88. The van der Waals surface area contributed by atoms with Gasteiger partial charge < -0.3 is 10.8 Å². The van der Waals surface area contributed by atoms with Crippen LogP contribution in [0.5, 0.6) is 0 Å². The van der Waals surface area contributed by atoms with Crippen molar-refractivity contribution in [1.29, 1.82) is 0 Å². The van der Waals surface area contributed by atoms with Crippen LogP contribution in [0.1, 0.15) is 12.0 Å². The Labute approximate surface area is 105 Å². The molecule has 1 aromatic carbocycles. The first-order valence-corrected chi connectivity index (χ1v) is 5.53. The Balaban J connectivity index is 2.46. The minimum Gasteiger partial charge on any atom is -0.478 e. The van der Waals surface area contributed by atoms with Crippen molar-refractivity contribution in [1.82, 2.24) is 5.43 Å². The molecule has 6 N–H and O–H groups in total. The van der Waals surface area contributed by atoms with Gasteiger partial charge in [-0.25, -0.2) is 10.2 Å². The number of carbonyl (C=O) groups is 1. The van der Waals surface area contributed by atoms with Gasteiger partial charge in [-0.15, -0.1) is 0 Å². The maximum absolute atomic E-state index is 11.1. The Morgan fingerprint density at radius 3 is 2.72 bits per heavy atom. The van der Waals surface area contributed by atoms with E-state index in [1.54, 1.807) is 18.2 Å². The van der Waals surface area contributed by atoms with Crippen LogP contribution >= 0.6 is 0 Å². The molecule has 94 valence electrons. The Kier molecular flexibility index (Phi) is 3.18. The van der Waals surface area contributed by atoms with E-state index in [4.69, 9.17) is 16.7 Å². The average molecular weight is 245 g/mol. The van der Waals surface area contributed by atoms with Crippen molar-refractivity contribution in [2.45, 2.75) is 12.0 Å². The van der Waals surface area contributed by atoms with Crippen LogP contribution in [0.2, 0.25) is 0 Å². The SMILES string of the molecule is NNC1(c2ccccc2N)C=CC=C(C(=O)O)C1. The molecule has 0 bridgehead atoms. The normalized spacial score (nSPS) is 22.6. The molecule has 0 spiro atoms. The standard InChI is InChI=1S/C13H15N3O2/c14-11-6-2-1-5-10(11)13(16-15)7-3-4-9(8-13)12(17)18/h1-7,16H,8,14-15H2,(H,17,18). The highest BCUT2D eigenvalue weighted by Crippen LogP contribution is 2.35. The zero-order chi connectivity index (χ0) is 13.2. The second-order valence-electron chi connectivity index (χ2n) is 4.24. The van der Waals surface area contributed by atoms with Crippen molar-refractivity contribution in [3.63, 3.8) is 0 Å². The summed E-state index contributed by atoms with van der Waals surface area (Å²) in [5, 5.41) is 9.08. The Morgan fingerprint density at radius 1 is 1.39 bits per heavy atom. The van der Waals surface area contributed by atoms with E-state index < -0.39 is 11.5 Å². The van der Waals surface area contributed by atoms with E-state index in [1.807, 2.05) is 24.3 Å². The van der Waals surface area contributed by atoms with E-state index in [0.717, 1.165) is 5.56 Å². The number of carboxylic acid groups (broad SMARTS) is 1. The molecule has 1 aliphatic rings. The fourth-order valence-corrected chi connectivity index (χ4v) is 2.16. The molecule has 1 aliphatic carbocycles. The lowest BCUT2D eigenvalue weighted by molar-refractivity contribution is -0.133. The number of carboxylic acids is 1. The van der Waals surface area contributed by atoms with Crippen molar-refractivity contribution in [2.24, 2.45) is 5.84 Å². The summed E-state index contributed by atoms with van der Waals surface area (Å²) in [6, 6.07) is 7.27. The molecule has 5 heteroatoms. The van der Waals surface area contributed by atoms with Crippen molar-refractivity contribution in [3.8, 4) is 0 Å². The predicted octanol–water partition coefficient (Wildman–Crippen LogP) is 0.898.